The minimum absolute atomic E-state index is 0.0842. The summed E-state index contributed by atoms with van der Waals surface area (Å²) in [5.41, 5.74) is 0. The Hall–Kier alpha value is -1.08. The highest BCUT2D eigenvalue weighted by Gasteiger charge is 2.25. The average molecular weight is 369 g/mol. The second-order valence-electron chi connectivity index (χ2n) is 6.22. The van der Waals surface area contributed by atoms with Crippen LogP contribution >= 0.6 is 21.6 Å². The van der Waals surface area contributed by atoms with Gasteiger partial charge in [-0.15, -0.1) is 0 Å². The Morgan fingerprint density at radius 1 is 1.17 bits per heavy atom. The van der Waals surface area contributed by atoms with Crippen LogP contribution in [0.5, 0.6) is 0 Å². The van der Waals surface area contributed by atoms with Gasteiger partial charge in [-0.25, -0.2) is 0 Å². The summed E-state index contributed by atoms with van der Waals surface area (Å²) in [6, 6.07) is 3.40. The molecule has 132 valence electrons. The molecule has 0 N–H and O–H groups in total. The molecule has 3 rings (SSSR count). The predicted molar refractivity (Wildman–Crippen MR) is 98.1 cm³/mol. The molecule has 1 atom stereocenters. The third kappa shape index (κ3) is 4.72. The quantitative estimate of drug-likeness (QED) is 0.570. The topological polar surface area (TPSA) is 53.8 Å². The summed E-state index contributed by atoms with van der Waals surface area (Å²) in [5.74, 6) is 1.79. The third-order valence-corrected chi connectivity index (χ3v) is 7.55. The molecule has 24 heavy (non-hydrogen) atoms. The van der Waals surface area contributed by atoms with E-state index in [1.54, 1.807) is 17.0 Å². The number of amides is 2. The molecule has 0 aromatic carbocycles. The fourth-order valence-electron chi connectivity index (χ4n) is 3.09. The SMILES string of the molecule is O=C(CCCCC1CCSS1)N1CCN(C(=O)c2ccco2)CC1. The molecule has 2 fully saturated rings. The maximum Gasteiger partial charge on any atom is 0.289 e. The molecule has 1 aromatic heterocycles. The van der Waals surface area contributed by atoms with Crippen LogP contribution in [-0.4, -0.2) is 58.8 Å². The Morgan fingerprint density at radius 3 is 2.62 bits per heavy atom. The highest BCUT2D eigenvalue weighted by atomic mass is 33.1. The molecule has 0 saturated carbocycles. The molecule has 1 unspecified atom stereocenters. The lowest BCUT2D eigenvalue weighted by Gasteiger charge is -2.34. The third-order valence-electron chi connectivity index (χ3n) is 4.55. The van der Waals surface area contributed by atoms with Gasteiger partial charge in [0.25, 0.3) is 5.91 Å². The van der Waals surface area contributed by atoms with Crippen LogP contribution in [0.25, 0.3) is 0 Å². The minimum atomic E-state index is -0.0842. The molecule has 5 nitrogen and oxygen atoms in total. The molecule has 2 saturated heterocycles. The van der Waals surface area contributed by atoms with Gasteiger partial charge in [0.2, 0.25) is 5.91 Å². The number of hydrogen-bond acceptors (Lipinski definition) is 5. The molecular weight excluding hydrogens is 344 g/mol. The number of hydrogen-bond donors (Lipinski definition) is 0. The van der Waals surface area contributed by atoms with Gasteiger partial charge in [0.1, 0.15) is 0 Å². The molecule has 1 aromatic rings. The zero-order chi connectivity index (χ0) is 16.8. The van der Waals surface area contributed by atoms with E-state index in [-0.39, 0.29) is 11.8 Å². The van der Waals surface area contributed by atoms with E-state index in [0.29, 0.717) is 38.4 Å². The normalized spacial score (nSPS) is 21.2. The number of nitrogens with zero attached hydrogens (tertiary/aromatic N) is 2. The van der Waals surface area contributed by atoms with Gasteiger partial charge in [0.05, 0.1) is 6.26 Å². The standard InChI is InChI=1S/C17H24N2O3S2/c20-16(6-2-1-4-14-7-13-23-24-14)18-8-10-19(11-9-18)17(21)15-5-3-12-22-15/h3,5,12,14H,1-2,4,6-11,13H2. The lowest BCUT2D eigenvalue weighted by atomic mass is 10.1. The van der Waals surface area contributed by atoms with Crippen molar-refractivity contribution in [1.29, 1.82) is 0 Å². The van der Waals surface area contributed by atoms with Crippen molar-refractivity contribution in [2.24, 2.45) is 0 Å². The van der Waals surface area contributed by atoms with Gasteiger partial charge in [0.15, 0.2) is 5.76 Å². The second-order valence-corrected chi connectivity index (χ2v) is 9.01. The molecule has 3 heterocycles. The van der Waals surface area contributed by atoms with Gasteiger partial charge >= 0.3 is 0 Å². The Balaban J connectivity index is 1.33. The maximum atomic E-state index is 12.3. The maximum absolute atomic E-state index is 12.3. The van der Waals surface area contributed by atoms with Crippen molar-refractivity contribution in [2.75, 3.05) is 31.9 Å². The van der Waals surface area contributed by atoms with Gasteiger partial charge in [-0.3, -0.25) is 9.59 Å². The largest absolute Gasteiger partial charge is 0.459 e. The zero-order valence-electron chi connectivity index (χ0n) is 13.8. The summed E-state index contributed by atoms with van der Waals surface area (Å²) in [5, 5.41) is 0.793. The summed E-state index contributed by atoms with van der Waals surface area (Å²) in [4.78, 5) is 28.1. The second kappa shape index (κ2) is 8.85. The summed E-state index contributed by atoms with van der Waals surface area (Å²) < 4.78 is 5.16. The van der Waals surface area contributed by atoms with Crippen molar-refractivity contribution >= 4 is 33.4 Å². The number of rotatable bonds is 6. The average Bonchev–Trinajstić information content (AvgIpc) is 3.31. The van der Waals surface area contributed by atoms with Crippen LogP contribution in [0.2, 0.25) is 0 Å². The lowest BCUT2D eigenvalue weighted by molar-refractivity contribution is -0.132. The molecule has 0 radical (unpaired) electrons. The first-order valence-electron chi connectivity index (χ1n) is 8.63. The van der Waals surface area contributed by atoms with Crippen LogP contribution in [0.1, 0.15) is 42.7 Å². The van der Waals surface area contributed by atoms with E-state index in [0.717, 1.165) is 18.1 Å². The molecule has 2 aliphatic rings. The van der Waals surface area contributed by atoms with Crippen LogP contribution in [0, 0.1) is 0 Å². The van der Waals surface area contributed by atoms with Crippen LogP contribution < -0.4 is 0 Å². The summed E-state index contributed by atoms with van der Waals surface area (Å²) in [6.07, 6.45) is 6.81. The number of piperazine rings is 1. The number of furan rings is 1. The Kier molecular flexibility index (Phi) is 6.54. The van der Waals surface area contributed by atoms with E-state index in [1.807, 2.05) is 26.5 Å². The first-order chi connectivity index (χ1) is 11.7. The predicted octanol–water partition coefficient (Wildman–Crippen LogP) is 3.28. The minimum Gasteiger partial charge on any atom is -0.459 e. The molecule has 0 aliphatic carbocycles. The fraction of sp³-hybridized carbons (Fsp3) is 0.647. The summed E-state index contributed by atoms with van der Waals surface area (Å²) >= 11 is 0. The van der Waals surface area contributed by atoms with Crippen molar-refractivity contribution in [2.45, 2.75) is 37.4 Å². The van der Waals surface area contributed by atoms with E-state index in [4.69, 9.17) is 4.42 Å². The van der Waals surface area contributed by atoms with Crippen molar-refractivity contribution in [3.63, 3.8) is 0 Å². The van der Waals surface area contributed by atoms with Gasteiger partial charge in [0, 0.05) is 43.6 Å². The lowest BCUT2D eigenvalue weighted by Crippen LogP contribution is -2.50. The molecule has 2 aliphatic heterocycles. The van der Waals surface area contributed by atoms with Crippen LogP contribution in [0.15, 0.2) is 22.8 Å². The van der Waals surface area contributed by atoms with Crippen molar-refractivity contribution in [3.8, 4) is 0 Å². The van der Waals surface area contributed by atoms with Crippen LogP contribution in [-0.2, 0) is 4.79 Å². The van der Waals surface area contributed by atoms with Crippen molar-refractivity contribution in [1.82, 2.24) is 9.80 Å². The monoisotopic (exact) mass is 368 g/mol. The first kappa shape index (κ1) is 17.7. The highest BCUT2D eigenvalue weighted by Crippen LogP contribution is 2.39. The van der Waals surface area contributed by atoms with E-state index in [9.17, 15) is 9.59 Å². The van der Waals surface area contributed by atoms with E-state index in [2.05, 4.69) is 0 Å². The highest BCUT2D eigenvalue weighted by molar-refractivity contribution is 8.77. The molecule has 0 bridgehead atoms. The van der Waals surface area contributed by atoms with Crippen molar-refractivity contribution in [3.05, 3.63) is 24.2 Å². The van der Waals surface area contributed by atoms with Gasteiger partial charge in [-0.05, 0) is 31.4 Å². The smallest absolute Gasteiger partial charge is 0.289 e. The van der Waals surface area contributed by atoms with Crippen LogP contribution in [0.3, 0.4) is 0 Å². The Labute approximate surface area is 150 Å². The van der Waals surface area contributed by atoms with Gasteiger partial charge in [-0.1, -0.05) is 28.0 Å². The molecule has 2 amide bonds. The Bertz CT molecular complexity index is 536. The zero-order valence-corrected chi connectivity index (χ0v) is 15.4. The number of carbonyl (C=O) groups excluding carboxylic acids is 2. The fourth-order valence-corrected chi connectivity index (χ4v) is 6.11. The van der Waals surface area contributed by atoms with Gasteiger partial charge in [-0.2, -0.15) is 0 Å². The van der Waals surface area contributed by atoms with E-state index < -0.39 is 0 Å². The Morgan fingerprint density at radius 2 is 1.96 bits per heavy atom. The number of unbranched alkanes of at least 4 members (excludes halogenated alkanes) is 1. The van der Waals surface area contributed by atoms with Crippen molar-refractivity contribution < 1.29 is 14.0 Å². The molecular formula is C17H24N2O3S2. The van der Waals surface area contributed by atoms with E-state index >= 15 is 0 Å². The first-order valence-corrected chi connectivity index (χ1v) is 11.0. The van der Waals surface area contributed by atoms with Gasteiger partial charge < -0.3 is 14.2 Å². The molecule has 7 heteroatoms. The number of carbonyl (C=O) groups is 2. The molecule has 0 spiro atoms. The van der Waals surface area contributed by atoms with E-state index in [1.165, 1.54) is 24.9 Å². The summed E-state index contributed by atoms with van der Waals surface area (Å²) in [7, 11) is 3.98. The summed E-state index contributed by atoms with van der Waals surface area (Å²) in [6.45, 7) is 2.42. The van der Waals surface area contributed by atoms with Crippen LogP contribution in [0.4, 0.5) is 0 Å².